The molecule has 0 aliphatic rings. The van der Waals surface area contributed by atoms with Gasteiger partial charge in [-0.1, -0.05) is 96.0 Å². The molecule has 42 heavy (non-hydrogen) atoms. The van der Waals surface area contributed by atoms with Crippen LogP contribution < -0.4 is 4.57 Å². The molecule has 216 valence electrons. The number of nitrogens with one attached hydrogen (secondary N) is 1. The summed E-state index contributed by atoms with van der Waals surface area (Å²) in [5.41, 5.74) is 3.37. The number of nitrogens with zero attached hydrogens (tertiary/aromatic N) is 2. The number of unbranched alkanes of at least 4 members (excludes halogenated alkanes) is 1. The molecule has 0 radical (unpaired) electrons. The molecule has 5 rings (SSSR count). The number of imidazole rings is 1. The van der Waals surface area contributed by atoms with E-state index in [1.807, 2.05) is 81.4 Å². The normalized spacial score (nSPS) is 12.0. The Morgan fingerprint density at radius 2 is 1.36 bits per heavy atom. The van der Waals surface area contributed by atoms with Gasteiger partial charge in [0.1, 0.15) is 12.2 Å². The second-order valence-corrected chi connectivity index (χ2v) is 11.8. The summed E-state index contributed by atoms with van der Waals surface area (Å²) >= 11 is 6.32. The highest BCUT2D eigenvalue weighted by Gasteiger charge is 2.38. The first-order valence-electron chi connectivity index (χ1n) is 14.3. The Hall–Kier alpha value is -4.00. The Balaban J connectivity index is 1.48. The van der Waals surface area contributed by atoms with E-state index < -0.39 is 11.0 Å². The third kappa shape index (κ3) is 6.40. The van der Waals surface area contributed by atoms with Crippen molar-refractivity contribution in [1.82, 2.24) is 9.97 Å². The first kappa shape index (κ1) is 29.5. The molecule has 3 aromatic carbocycles. The lowest BCUT2D eigenvalue weighted by molar-refractivity contribution is -0.683. The number of aryl methyl sites for hydroxylation is 1. The SMILES string of the molecule is CC(C)(C)C(=O)OCCCC[n+]1c(COC(c2ccccc2)(c2ccccc2)c2ccccc2)[nH]c2ccc(Cl)nc21. The lowest BCUT2D eigenvalue weighted by Crippen LogP contribution is -2.40. The highest BCUT2D eigenvalue weighted by molar-refractivity contribution is 6.29. The number of ether oxygens (including phenoxy) is 2. The Morgan fingerprint density at radius 3 is 1.88 bits per heavy atom. The number of H-pyrrole nitrogens is 1. The molecule has 0 saturated carbocycles. The van der Waals surface area contributed by atoms with Gasteiger partial charge in [0.05, 0.1) is 18.6 Å². The maximum absolute atomic E-state index is 12.2. The number of halogens is 1. The molecule has 0 spiro atoms. The van der Waals surface area contributed by atoms with Gasteiger partial charge in [-0.2, -0.15) is 0 Å². The number of carbonyl (C=O) groups is 1. The van der Waals surface area contributed by atoms with Crippen molar-refractivity contribution < 1.29 is 18.8 Å². The van der Waals surface area contributed by atoms with Gasteiger partial charge in [-0.05, 0) is 74.0 Å². The van der Waals surface area contributed by atoms with E-state index in [2.05, 4.69) is 50.9 Å². The molecule has 2 heterocycles. The van der Waals surface area contributed by atoms with E-state index in [0.29, 0.717) is 18.3 Å². The van der Waals surface area contributed by atoms with E-state index >= 15 is 0 Å². The molecule has 0 aliphatic heterocycles. The lowest BCUT2D eigenvalue weighted by Gasteiger charge is -2.35. The van der Waals surface area contributed by atoms with Gasteiger partial charge < -0.3 is 9.47 Å². The minimum Gasteiger partial charge on any atom is -0.465 e. The Kier molecular flexibility index (Phi) is 9.05. The molecule has 5 aromatic rings. The van der Waals surface area contributed by atoms with Crippen LogP contribution in [0.15, 0.2) is 103 Å². The molecule has 0 bridgehead atoms. The average molecular weight is 583 g/mol. The van der Waals surface area contributed by atoms with E-state index in [-0.39, 0.29) is 12.6 Å². The van der Waals surface area contributed by atoms with Gasteiger partial charge in [0, 0.05) is 0 Å². The number of fused-ring (bicyclic) bond motifs is 1. The van der Waals surface area contributed by atoms with Crippen LogP contribution in [0.2, 0.25) is 5.15 Å². The van der Waals surface area contributed by atoms with Crippen LogP contribution in [-0.4, -0.2) is 22.5 Å². The second-order valence-electron chi connectivity index (χ2n) is 11.4. The van der Waals surface area contributed by atoms with E-state index in [0.717, 1.165) is 46.5 Å². The number of aromatic amines is 1. The summed E-state index contributed by atoms with van der Waals surface area (Å²) in [5, 5.41) is 0.425. The molecule has 0 aliphatic carbocycles. The number of carbonyl (C=O) groups excluding carboxylic acids is 1. The average Bonchev–Trinajstić information content (AvgIpc) is 3.34. The van der Waals surface area contributed by atoms with E-state index in [9.17, 15) is 4.79 Å². The zero-order chi connectivity index (χ0) is 29.6. The van der Waals surface area contributed by atoms with Gasteiger partial charge in [-0.3, -0.25) is 9.78 Å². The van der Waals surface area contributed by atoms with Crippen molar-refractivity contribution >= 4 is 28.7 Å². The van der Waals surface area contributed by atoms with Crippen LogP contribution in [0.4, 0.5) is 0 Å². The lowest BCUT2D eigenvalue weighted by atomic mass is 9.80. The fraction of sp³-hybridized carbons (Fsp3) is 0.286. The molecule has 0 unspecified atom stereocenters. The fourth-order valence-electron chi connectivity index (χ4n) is 5.13. The number of esters is 1. The van der Waals surface area contributed by atoms with Crippen LogP contribution in [0.3, 0.4) is 0 Å². The summed E-state index contributed by atoms with van der Waals surface area (Å²) in [4.78, 5) is 20.3. The molecule has 6 nitrogen and oxygen atoms in total. The highest BCUT2D eigenvalue weighted by Crippen LogP contribution is 2.41. The van der Waals surface area contributed by atoms with Gasteiger partial charge in [-0.15, -0.1) is 0 Å². The first-order chi connectivity index (χ1) is 20.3. The molecule has 1 N–H and O–H groups in total. The van der Waals surface area contributed by atoms with Crippen LogP contribution in [-0.2, 0) is 33.0 Å². The Morgan fingerprint density at radius 1 is 0.810 bits per heavy atom. The molecular weight excluding hydrogens is 546 g/mol. The number of hydrogen-bond acceptors (Lipinski definition) is 4. The number of pyridine rings is 1. The predicted octanol–water partition coefficient (Wildman–Crippen LogP) is 7.38. The van der Waals surface area contributed by atoms with Crippen LogP contribution in [0.5, 0.6) is 0 Å². The topological polar surface area (TPSA) is 68.1 Å². The van der Waals surface area contributed by atoms with Gasteiger partial charge in [0.2, 0.25) is 11.0 Å². The zero-order valence-corrected chi connectivity index (χ0v) is 25.1. The summed E-state index contributed by atoms with van der Waals surface area (Å²) in [6.07, 6.45) is 1.52. The maximum atomic E-state index is 12.2. The highest BCUT2D eigenvalue weighted by atomic mass is 35.5. The molecule has 2 aromatic heterocycles. The number of rotatable bonds is 11. The molecular formula is C35H37ClN3O3+. The summed E-state index contributed by atoms with van der Waals surface area (Å²) in [6.45, 7) is 6.90. The Bertz CT molecular complexity index is 1520. The van der Waals surface area contributed by atoms with Crippen molar-refractivity contribution in [1.29, 1.82) is 0 Å². The standard InChI is InChI=1S/C35H36ClN3O3/c1-34(2,3)33(40)41-24-14-13-23-39-31(37-29-21-22-30(36)38-32(29)39)25-42-35(26-15-7-4-8-16-26,27-17-9-5-10-18-27)28-19-11-6-12-20-28/h4-12,15-22H,13-14,23-25H2,1-3H3/p+1. The fourth-order valence-corrected chi connectivity index (χ4v) is 5.28. The van der Waals surface area contributed by atoms with Gasteiger partial charge >= 0.3 is 11.6 Å². The number of hydrogen-bond donors (Lipinski definition) is 1. The molecule has 0 atom stereocenters. The molecule has 7 heteroatoms. The second kappa shape index (κ2) is 12.9. The van der Waals surface area contributed by atoms with E-state index in [1.165, 1.54) is 0 Å². The van der Waals surface area contributed by atoms with E-state index in [4.69, 9.17) is 21.1 Å². The number of benzene rings is 3. The zero-order valence-electron chi connectivity index (χ0n) is 24.3. The molecule has 0 saturated heterocycles. The van der Waals surface area contributed by atoms with Gasteiger partial charge in [0.25, 0.3) is 0 Å². The first-order valence-corrected chi connectivity index (χ1v) is 14.7. The molecule has 0 fully saturated rings. The van der Waals surface area contributed by atoms with Gasteiger partial charge in [0.15, 0.2) is 5.52 Å². The third-order valence-electron chi connectivity index (χ3n) is 7.29. The summed E-state index contributed by atoms with van der Waals surface area (Å²) in [5.74, 6) is 0.683. The summed E-state index contributed by atoms with van der Waals surface area (Å²) in [7, 11) is 0. The quantitative estimate of drug-likeness (QED) is 0.0580. The van der Waals surface area contributed by atoms with Crippen molar-refractivity contribution in [2.24, 2.45) is 5.41 Å². The van der Waals surface area contributed by atoms with Crippen molar-refractivity contribution in [2.75, 3.05) is 6.61 Å². The monoisotopic (exact) mass is 582 g/mol. The van der Waals surface area contributed by atoms with Crippen molar-refractivity contribution in [3.63, 3.8) is 0 Å². The van der Waals surface area contributed by atoms with Crippen LogP contribution in [0, 0.1) is 5.41 Å². The largest absolute Gasteiger partial charge is 0.465 e. The van der Waals surface area contributed by atoms with Crippen molar-refractivity contribution in [3.8, 4) is 0 Å². The van der Waals surface area contributed by atoms with Crippen molar-refractivity contribution in [2.45, 2.75) is 52.4 Å². The molecule has 0 amide bonds. The number of aromatic nitrogens is 3. The third-order valence-corrected chi connectivity index (χ3v) is 7.50. The summed E-state index contributed by atoms with van der Waals surface area (Å²) in [6, 6.07) is 34.7. The maximum Gasteiger partial charge on any atom is 0.311 e. The van der Waals surface area contributed by atoms with Crippen LogP contribution in [0.1, 0.15) is 56.1 Å². The predicted molar refractivity (Wildman–Crippen MR) is 165 cm³/mol. The minimum absolute atomic E-state index is 0.191. The van der Waals surface area contributed by atoms with Crippen LogP contribution in [0.25, 0.3) is 11.2 Å². The summed E-state index contributed by atoms with van der Waals surface area (Å²) < 4.78 is 14.7. The van der Waals surface area contributed by atoms with Gasteiger partial charge in [-0.25, -0.2) is 4.57 Å². The Labute approximate surface area is 252 Å². The smallest absolute Gasteiger partial charge is 0.311 e. The van der Waals surface area contributed by atoms with Crippen molar-refractivity contribution in [3.05, 3.63) is 131 Å². The van der Waals surface area contributed by atoms with Crippen LogP contribution >= 0.6 is 11.6 Å². The minimum atomic E-state index is -0.856. The van der Waals surface area contributed by atoms with E-state index in [1.54, 1.807) is 6.07 Å².